The van der Waals surface area contributed by atoms with Crippen molar-refractivity contribution in [1.82, 2.24) is 9.97 Å². The molecule has 0 amide bonds. The van der Waals surface area contributed by atoms with Gasteiger partial charge in [-0.25, -0.2) is 4.98 Å². The number of fused-ring (bicyclic) bond motifs is 3. The number of aryl methyl sites for hydroxylation is 1. The Balaban J connectivity index is 1.86. The van der Waals surface area contributed by atoms with Crippen molar-refractivity contribution in [2.75, 3.05) is 0 Å². The summed E-state index contributed by atoms with van der Waals surface area (Å²) in [4.78, 5) is 9.98. The molecule has 0 radical (unpaired) electrons. The number of aromatic nitrogens is 2. The van der Waals surface area contributed by atoms with Gasteiger partial charge in [0.05, 0.1) is 16.7 Å². The maximum absolute atomic E-state index is 5.02. The van der Waals surface area contributed by atoms with E-state index in [9.17, 15) is 0 Å². The van der Waals surface area contributed by atoms with Crippen LogP contribution in [0, 0.1) is 13.8 Å². The molecule has 2 nitrogen and oxygen atoms in total. The highest BCUT2D eigenvalue weighted by molar-refractivity contribution is 6.09. The summed E-state index contributed by atoms with van der Waals surface area (Å²) in [5.41, 5.74) is 8.75. The van der Waals surface area contributed by atoms with Gasteiger partial charge in [0.25, 0.3) is 0 Å². The molecule has 0 unspecified atom stereocenters. The Labute approximate surface area is 164 Å². The molecule has 2 heterocycles. The molecule has 0 aliphatic carbocycles. The van der Waals surface area contributed by atoms with E-state index in [-0.39, 0.29) is 0 Å². The molecule has 2 heteroatoms. The predicted octanol–water partition coefficient (Wildman–Crippen LogP) is 6.73. The fourth-order valence-electron chi connectivity index (χ4n) is 3.87. The van der Waals surface area contributed by atoms with Crippen LogP contribution in [0.25, 0.3) is 44.2 Å². The Hall–Kier alpha value is -3.52. The summed E-state index contributed by atoms with van der Waals surface area (Å²) in [6.07, 6.45) is 0. The molecule has 2 aromatic heterocycles. The largest absolute Gasteiger partial charge is 0.251 e. The van der Waals surface area contributed by atoms with Gasteiger partial charge in [-0.2, -0.15) is 0 Å². The van der Waals surface area contributed by atoms with Crippen molar-refractivity contribution in [1.29, 1.82) is 0 Å². The van der Waals surface area contributed by atoms with Crippen molar-refractivity contribution >= 4 is 21.8 Å². The summed E-state index contributed by atoms with van der Waals surface area (Å²) in [5, 5.41) is 2.27. The van der Waals surface area contributed by atoms with E-state index >= 15 is 0 Å². The third kappa shape index (κ3) is 2.66. The number of pyridine rings is 2. The second-order valence-electron chi connectivity index (χ2n) is 7.16. The first kappa shape index (κ1) is 16.6. The van der Waals surface area contributed by atoms with Crippen molar-refractivity contribution in [2.24, 2.45) is 0 Å². The highest BCUT2D eigenvalue weighted by Gasteiger charge is 2.14. The molecule has 0 spiro atoms. The van der Waals surface area contributed by atoms with Crippen LogP contribution in [0.15, 0.2) is 84.9 Å². The van der Waals surface area contributed by atoms with Gasteiger partial charge in [-0.15, -0.1) is 0 Å². The molecule has 0 bridgehead atoms. The van der Waals surface area contributed by atoms with Gasteiger partial charge in [0.2, 0.25) is 0 Å². The monoisotopic (exact) mass is 360 g/mol. The Morgan fingerprint density at radius 2 is 1.21 bits per heavy atom. The second kappa shape index (κ2) is 6.58. The van der Waals surface area contributed by atoms with E-state index in [1.165, 1.54) is 16.7 Å². The van der Waals surface area contributed by atoms with E-state index in [0.29, 0.717) is 0 Å². The molecule has 28 heavy (non-hydrogen) atoms. The molecular formula is C26H20N2. The van der Waals surface area contributed by atoms with Crippen LogP contribution in [0.5, 0.6) is 0 Å². The first-order valence-electron chi connectivity index (χ1n) is 9.54. The van der Waals surface area contributed by atoms with Gasteiger partial charge in [0.15, 0.2) is 0 Å². The minimum absolute atomic E-state index is 0.958. The molecule has 0 atom stereocenters. The lowest BCUT2D eigenvalue weighted by Gasteiger charge is -2.14. The molecule has 0 saturated heterocycles. The highest BCUT2D eigenvalue weighted by Crippen LogP contribution is 2.35. The maximum Gasteiger partial charge on any atom is 0.0974 e. The number of hydrogen-bond acceptors (Lipinski definition) is 2. The smallest absolute Gasteiger partial charge is 0.0974 e. The fraction of sp³-hybridized carbons (Fsp3) is 0.0769. The minimum atomic E-state index is 0.958. The lowest BCUT2D eigenvalue weighted by Crippen LogP contribution is -1.96. The maximum atomic E-state index is 5.02. The molecule has 0 fully saturated rings. The van der Waals surface area contributed by atoms with E-state index in [0.717, 1.165) is 38.8 Å². The van der Waals surface area contributed by atoms with Crippen LogP contribution >= 0.6 is 0 Å². The lowest BCUT2D eigenvalue weighted by atomic mass is 9.94. The van der Waals surface area contributed by atoms with Gasteiger partial charge >= 0.3 is 0 Å². The molecule has 0 aliphatic heterocycles. The number of benzene rings is 3. The fourth-order valence-corrected chi connectivity index (χ4v) is 3.87. The van der Waals surface area contributed by atoms with Crippen molar-refractivity contribution < 1.29 is 0 Å². The molecule has 5 aromatic rings. The quantitative estimate of drug-likeness (QED) is 0.326. The van der Waals surface area contributed by atoms with Gasteiger partial charge in [-0.1, -0.05) is 78.9 Å². The Morgan fingerprint density at radius 1 is 0.571 bits per heavy atom. The number of rotatable bonds is 2. The van der Waals surface area contributed by atoms with Crippen molar-refractivity contribution in [2.45, 2.75) is 13.8 Å². The Morgan fingerprint density at radius 3 is 1.93 bits per heavy atom. The molecule has 0 aliphatic rings. The topological polar surface area (TPSA) is 25.8 Å². The summed E-state index contributed by atoms with van der Waals surface area (Å²) in [6, 6.07) is 29.4. The molecular weight excluding hydrogens is 340 g/mol. The summed E-state index contributed by atoms with van der Waals surface area (Å²) in [5.74, 6) is 0. The van der Waals surface area contributed by atoms with E-state index < -0.39 is 0 Å². The molecule has 5 rings (SSSR count). The first-order chi connectivity index (χ1) is 13.7. The van der Waals surface area contributed by atoms with Crippen LogP contribution < -0.4 is 0 Å². The second-order valence-corrected chi connectivity index (χ2v) is 7.16. The van der Waals surface area contributed by atoms with Gasteiger partial charge in [-0.05, 0) is 36.6 Å². The normalized spacial score (nSPS) is 11.2. The van der Waals surface area contributed by atoms with Crippen LogP contribution in [-0.2, 0) is 0 Å². The van der Waals surface area contributed by atoms with E-state index in [2.05, 4.69) is 80.6 Å². The third-order valence-electron chi connectivity index (χ3n) is 5.43. The predicted molar refractivity (Wildman–Crippen MR) is 117 cm³/mol. The van der Waals surface area contributed by atoms with Gasteiger partial charge < -0.3 is 0 Å². The van der Waals surface area contributed by atoms with E-state index in [1.54, 1.807) is 0 Å². The highest BCUT2D eigenvalue weighted by atomic mass is 14.8. The number of nitrogens with zero attached hydrogens (tertiary/aromatic N) is 2. The van der Waals surface area contributed by atoms with Gasteiger partial charge in [0, 0.05) is 22.0 Å². The Bertz CT molecular complexity index is 1310. The summed E-state index contributed by atoms with van der Waals surface area (Å²) < 4.78 is 0. The van der Waals surface area contributed by atoms with E-state index in [1.807, 2.05) is 18.2 Å². The average molecular weight is 360 g/mol. The van der Waals surface area contributed by atoms with Crippen LogP contribution in [0.4, 0.5) is 0 Å². The zero-order valence-electron chi connectivity index (χ0n) is 16.0. The molecule has 0 saturated carbocycles. The van der Waals surface area contributed by atoms with Crippen LogP contribution in [-0.4, -0.2) is 9.97 Å². The minimum Gasteiger partial charge on any atom is -0.251 e. The van der Waals surface area contributed by atoms with E-state index in [4.69, 9.17) is 9.97 Å². The molecule has 134 valence electrons. The van der Waals surface area contributed by atoms with Crippen LogP contribution in [0.3, 0.4) is 0 Å². The summed E-state index contributed by atoms with van der Waals surface area (Å²) in [7, 11) is 0. The summed E-state index contributed by atoms with van der Waals surface area (Å²) >= 11 is 0. The van der Waals surface area contributed by atoms with Crippen LogP contribution in [0.2, 0.25) is 0 Å². The van der Waals surface area contributed by atoms with Crippen molar-refractivity contribution in [3.8, 4) is 22.4 Å². The van der Waals surface area contributed by atoms with Crippen LogP contribution in [0.1, 0.15) is 11.3 Å². The van der Waals surface area contributed by atoms with Crippen molar-refractivity contribution in [3.63, 3.8) is 0 Å². The summed E-state index contributed by atoms with van der Waals surface area (Å²) in [6.45, 7) is 4.24. The zero-order valence-corrected chi connectivity index (χ0v) is 16.0. The Kier molecular flexibility index (Phi) is 3.91. The molecule has 0 N–H and O–H groups in total. The third-order valence-corrected chi connectivity index (χ3v) is 5.43. The van der Waals surface area contributed by atoms with Gasteiger partial charge in [0.1, 0.15) is 0 Å². The van der Waals surface area contributed by atoms with Gasteiger partial charge in [-0.3, -0.25) is 4.98 Å². The lowest BCUT2D eigenvalue weighted by molar-refractivity contribution is 1.20. The molecule has 3 aromatic carbocycles. The number of hydrogen-bond donors (Lipinski definition) is 0. The van der Waals surface area contributed by atoms with Crippen molar-refractivity contribution in [3.05, 3.63) is 96.2 Å². The standard InChI is InChI=1S/C26H20N2/c1-17-18(2)27-26-22(24(17)20-11-7-4-8-12-20)15-13-21-14-16-23(28-25(21)26)19-9-5-3-6-10-19/h3-16H,1-2H3. The average Bonchev–Trinajstić information content (AvgIpc) is 2.75. The SMILES string of the molecule is Cc1nc2c(ccc3ccc(-c4ccccc4)nc32)c(-c2ccccc2)c1C. The first-order valence-corrected chi connectivity index (χ1v) is 9.54. The zero-order chi connectivity index (χ0) is 19.1.